The average molecular weight is 322 g/mol. The Kier molecular flexibility index (Phi) is 4.75. The third kappa shape index (κ3) is 3.99. The van der Waals surface area contributed by atoms with Gasteiger partial charge >= 0.3 is 0 Å². The molecule has 1 saturated carbocycles. The molecule has 0 saturated heterocycles. The fraction of sp³-hybridized carbons (Fsp3) is 0.538. The minimum Gasteiger partial charge on any atom is -0.506 e. The molecule has 1 aromatic carbocycles. The Morgan fingerprint density at radius 3 is 2.60 bits per heavy atom. The summed E-state index contributed by atoms with van der Waals surface area (Å²) in [7, 11) is -3.58. The summed E-state index contributed by atoms with van der Waals surface area (Å²) in [6.07, 6.45) is 5.05. The van der Waals surface area contributed by atoms with E-state index in [1.54, 1.807) is 0 Å². The lowest BCUT2D eigenvalue weighted by molar-refractivity contribution is 0.385. The quantitative estimate of drug-likeness (QED) is 0.834. The van der Waals surface area contributed by atoms with Gasteiger partial charge in [0.15, 0.2) is 0 Å². The van der Waals surface area contributed by atoms with E-state index in [1.807, 2.05) is 0 Å². The fourth-order valence-electron chi connectivity index (χ4n) is 2.49. The Hall–Kier alpha value is -1.01. The van der Waals surface area contributed by atoms with Crippen molar-refractivity contribution in [3.8, 4) is 5.75 Å². The van der Waals surface area contributed by atoms with Gasteiger partial charge in [-0.25, -0.2) is 12.8 Å². The van der Waals surface area contributed by atoms with Crippen molar-refractivity contribution < 1.29 is 17.9 Å². The topological polar surface area (TPSA) is 66.4 Å². The van der Waals surface area contributed by atoms with Gasteiger partial charge in [-0.3, -0.25) is 4.72 Å². The van der Waals surface area contributed by atoms with Gasteiger partial charge in [0.2, 0.25) is 10.0 Å². The van der Waals surface area contributed by atoms with Crippen molar-refractivity contribution in [1.82, 2.24) is 0 Å². The third-order valence-electron chi connectivity index (χ3n) is 3.48. The van der Waals surface area contributed by atoms with Crippen LogP contribution in [0.1, 0.15) is 32.1 Å². The van der Waals surface area contributed by atoms with Gasteiger partial charge in [-0.1, -0.05) is 30.9 Å². The number of halogens is 2. The molecule has 1 fully saturated rings. The predicted molar refractivity (Wildman–Crippen MR) is 77.1 cm³/mol. The SMILES string of the molecule is O=S(=O)(CC1CCCCC1)Nc1cc(Cl)c(F)cc1O. The molecule has 0 spiro atoms. The van der Waals surface area contributed by atoms with Crippen LogP contribution < -0.4 is 4.72 Å². The Labute approximate surface area is 123 Å². The molecule has 20 heavy (non-hydrogen) atoms. The van der Waals surface area contributed by atoms with Crippen molar-refractivity contribution in [3.05, 3.63) is 23.0 Å². The van der Waals surface area contributed by atoms with Crippen molar-refractivity contribution in [2.24, 2.45) is 5.92 Å². The summed E-state index contributed by atoms with van der Waals surface area (Å²) < 4.78 is 39.5. The molecule has 0 unspecified atom stereocenters. The van der Waals surface area contributed by atoms with Crippen LogP contribution in [0.15, 0.2) is 12.1 Å². The molecule has 112 valence electrons. The lowest BCUT2D eigenvalue weighted by atomic mass is 9.91. The largest absolute Gasteiger partial charge is 0.506 e. The zero-order valence-corrected chi connectivity index (χ0v) is 12.5. The molecule has 4 nitrogen and oxygen atoms in total. The number of phenols is 1. The summed E-state index contributed by atoms with van der Waals surface area (Å²) in [6.45, 7) is 0. The fourth-order valence-corrected chi connectivity index (χ4v) is 4.19. The standard InChI is InChI=1S/C13H17ClFNO3S/c14-10-6-12(13(17)7-11(10)15)16-20(18,19)8-9-4-2-1-3-5-9/h6-7,9,16-17H,1-5,8H2. The van der Waals surface area contributed by atoms with Gasteiger partial charge < -0.3 is 5.11 Å². The molecular weight excluding hydrogens is 305 g/mol. The van der Waals surface area contributed by atoms with Crippen molar-refractivity contribution in [2.75, 3.05) is 10.5 Å². The van der Waals surface area contributed by atoms with E-state index in [2.05, 4.69) is 4.72 Å². The normalized spacial score (nSPS) is 17.1. The second-order valence-corrected chi connectivity index (χ2v) is 7.35. The molecule has 7 heteroatoms. The van der Waals surface area contributed by atoms with Crippen molar-refractivity contribution in [3.63, 3.8) is 0 Å². The molecule has 2 rings (SSSR count). The zero-order chi connectivity index (χ0) is 14.8. The molecule has 1 aromatic rings. The van der Waals surface area contributed by atoms with Gasteiger partial charge in [-0.05, 0) is 24.8 Å². The van der Waals surface area contributed by atoms with E-state index < -0.39 is 21.6 Å². The van der Waals surface area contributed by atoms with Crippen LogP contribution in [0.25, 0.3) is 0 Å². The molecule has 0 amide bonds. The van der Waals surface area contributed by atoms with E-state index in [1.165, 1.54) is 0 Å². The van der Waals surface area contributed by atoms with Crippen molar-refractivity contribution in [2.45, 2.75) is 32.1 Å². The summed E-state index contributed by atoms with van der Waals surface area (Å²) in [6, 6.07) is 1.87. The van der Waals surface area contributed by atoms with Gasteiger partial charge in [0.25, 0.3) is 0 Å². The summed E-state index contributed by atoms with van der Waals surface area (Å²) in [4.78, 5) is 0. The van der Waals surface area contributed by atoms with E-state index in [0.717, 1.165) is 44.2 Å². The second kappa shape index (κ2) is 6.18. The molecule has 0 aromatic heterocycles. The zero-order valence-electron chi connectivity index (χ0n) is 10.9. The van der Waals surface area contributed by atoms with Gasteiger partial charge in [-0.2, -0.15) is 0 Å². The van der Waals surface area contributed by atoms with Gasteiger partial charge in [0.1, 0.15) is 11.6 Å². The predicted octanol–water partition coefficient (Wildman–Crippen LogP) is 3.51. The van der Waals surface area contributed by atoms with E-state index in [-0.39, 0.29) is 22.4 Å². The van der Waals surface area contributed by atoms with Gasteiger partial charge in [-0.15, -0.1) is 0 Å². The number of hydrogen-bond donors (Lipinski definition) is 2. The molecule has 2 N–H and O–H groups in total. The molecular formula is C13H17ClFNO3S. The number of phenolic OH excluding ortho intramolecular Hbond substituents is 1. The first-order valence-electron chi connectivity index (χ1n) is 6.56. The first-order chi connectivity index (χ1) is 9.37. The lowest BCUT2D eigenvalue weighted by Gasteiger charge is -2.21. The minimum absolute atomic E-state index is 0.0153. The molecule has 1 aliphatic carbocycles. The smallest absolute Gasteiger partial charge is 0.233 e. The second-order valence-electron chi connectivity index (χ2n) is 5.17. The summed E-state index contributed by atoms with van der Waals surface area (Å²) in [5, 5.41) is 9.32. The number of sulfonamides is 1. The van der Waals surface area contributed by atoms with Crippen LogP contribution in [-0.2, 0) is 10.0 Å². The number of aromatic hydroxyl groups is 1. The highest BCUT2D eigenvalue weighted by atomic mass is 35.5. The number of hydrogen-bond acceptors (Lipinski definition) is 3. The maximum atomic E-state index is 13.1. The third-order valence-corrected chi connectivity index (χ3v) is 5.21. The summed E-state index contributed by atoms with van der Waals surface area (Å²) in [5.74, 6) is -1.11. The van der Waals surface area contributed by atoms with E-state index in [0.29, 0.717) is 0 Å². The van der Waals surface area contributed by atoms with Crippen LogP contribution in [-0.4, -0.2) is 19.3 Å². The maximum Gasteiger partial charge on any atom is 0.233 e. The van der Waals surface area contributed by atoms with Crippen LogP contribution in [0.5, 0.6) is 5.75 Å². The van der Waals surface area contributed by atoms with E-state index >= 15 is 0 Å². The molecule has 0 atom stereocenters. The average Bonchev–Trinajstić information content (AvgIpc) is 2.36. The van der Waals surface area contributed by atoms with Crippen LogP contribution >= 0.6 is 11.6 Å². The van der Waals surface area contributed by atoms with Crippen molar-refractivity contribution in [1.29, 1.82) is 0 Å². The first-order valence-corrected chi connectivity index (χ1v) is 8.59. The van der Waals surface area contributed by atoms with E-state index in [4.69, 9.17) is 11.6 Å². The highest BCUT2D eigenvalue weighted by Gasteiger charge is 2.22. The monoisotopic (exact) mass is 321 g/mol. The van der Waals surface area contributed by atoms with Gasteiger partial charge in [0.05, 0.1) is 16.5 Å². The highest BCUT2D eigenvalue weighted by molar-refractivity contribution is 7.92. The molecule has 0 bridgehead atoms. The molecule has 0 radical (unpaired) electrons. The molecule has 0 heterocycles. The van der Waals surface area contributed by atoms with Gasteiger partial charge in [0, 0.05) is 6.07 Å². The van der Waals surface area contributed by atoms with E-state index in [9.17, 15) is 17.9 Å². The number of nitrogens with one attached hydrogen (secondary N) is 1. The summed E-state index contributed by atoms with van der Waals surface area (Å²) in [5.41, 5.74) is -0.0905. The number of anilines is 1. The Morgan fingerprint density at radius 2 is 1.95 bits per heavy atom. The Morgan fingerprint density at radius 1 is 1.30 bits per heavy atom. The van der Waals surface area contributed by atoms with Crippen LogP contribution in [0, 0.1) is 11.7 Å². The number of benzene rings is 1. The lowest BCUT2D eigenvalue weighted by Crippen LogP contribution is -2.24. The summed E-state index contributed by atoms with van der Waals surface area (Å²) >= 11 is 5.59. The van der Waals surface area contributed by atoms with Crippen LogP contribution in [0.4, 0.5) is 10.1 Å². The van der Waals surface area contributed by atoms with Crippen LogP contribution in [0.2, 0.25) is 5.02 Å². The van der Waals surface area contributed by atoms with Crippen LogP contribution in [0.3, 0.4) is 0 Å². The Balaban J connectivity index is 2.09. The maximum absolute atomic E-state index is 13.1. The molecule has 1 aliphatic rings. The molecule has 0 aliphatic heterocycles. The Bertz CT molecular complexity index is 586. The first kappa shape index (κ1) is 15.4. The van der Waals surface area contributed by atoms with Crippen molar-refractivity contribution >= 4 is 27.3 Å². The highest BCUT2D eigenvalue weighted by Crippen LogP contribution is 2.31. The number of rotatable bonds is 4. The minimum atomic E-state index is -3.58.